The van der Waals surface area contributed by atoms with Crippen molar-refractivity contribution in [3.63, 3.8) is 0 Å². The maximum absolute atomic E-state index is 12.3. The number of amides is 1. The average molecular weight is 368 g/mol. The molecule has 1 atom stereocenters. The first kappa shape index (κ1) is 17.2. The number of ether oxygens (including phenoxy) is 1. The molecule has 1 fully saturated rings. The third-order valence-corrected chi connectivity index (χ3v) is 6.42. The van der Waals surface area contributed by atoms with Crippen LogP contribution in [-0.2, 0) is 14.8 Å². The Kier molecular flexibility index (Phi) is 4.80. The molecule has 1 amide bonds. The summed E-state index contributed by atoms with van der Waals surface area (Å²) in [6, 6.07) is 7.16. The van der Waals surface area contributed by atoms with Crippen molar-refractivity contribution in [2.75, 3.05) is 30.8 Å². The standard InChI is InChI=1S/C16H20N2O4S2/c1-18(24(2,20)21)12-5-6-14-11(8-12)9-15(23-14)16(19)17-10-13-4-3-7-22-13/h5-6,8-9,13H,3-4,7,10H2,1-2H3,(H,17,19). The first-order valence-corrected chi connectivity index (χ1v) is 10.4. The van der Waals surface area contributed by atoms with E-state index in [0.717, 1.165) is 35.8 Å². The molecular weight excluding hydrogens is 348 g/mol. The first-order valence-electron chi connectivity index (χ1n) is 7.72. The van der Waals surface area contributed by atoms with Crippen LogP contribution in [0.1, 0.15) is 22.5 Å². The molecule has 1 aromatic carbocycles. The van der Waals surface area contributed by atoms with E-state index >= 15 is 0 Å². The molecule has 0 radical (unpaired) electrons. The molecule has 2 aromatic rings. The summed E-state index contributed by atoms with van der Waals surface area (Å²) in [5, 5.41) is 3.76. The molecular formula is C16H20N2O4S2. The summed E-state index contributed by atoms with van der Waals surface area (Å²) < 4.78 is 31.0. The summed E-state index contributed by atoms with van der Waals surface area (Å²) in [6.45, 7) is 1.29. The van der Waals surface area contributed by atoms with Gasteiger partial charge in [-0.05, 0) is 42.5 Å². The molecule has 1 unspecified atom stereocenters. The molecule has 1 aliphatic heterocycles. The van der Waals surface area contributed by atoms with E-state index in [1.165, 1.54) is 22.7 Å². The van der Waals surface area contributed by atoms with Gasteiger partial charge in [-0.3, -0.25) is 9.10 Å². The average Bonchev–Trinajstić information content (AvgIpc) is 3.19. The van der Waals surface area contributed by atoms with E-state index in [9.17, 15) is 13.2 Å². The molecule has 3 rings (SSSR count). The van der Waals surface area contributed by atoms with Crippen molar-refractivity contribution in [1.29, 1.82) is 0 Å². The van der Waals surface area contributed by atoms with E-state index in [-0.39, 0.29) is 12.0 Å². The minimum Gasteiger partial charge on any atom is -0.376 e. The Bertz CT molecular complexity index is 854. The van der Waals surface area contributed by atoms with Gasteiger partial charge in [-0.1, -0.05) is 0 Å². The second-order valence-electron chi connectivity index (χ2n) is 5.91. The Morgan fingerprint density at radius 3 is 2.88 bits per heavy atom. The summed E-state index contributed by atoms with van der Waals surface area (Å²) in [7, 11) is -1.80. The van der Waals surface area contributed by atoms with Gasteiger partial charge in [0.2, 0.25) is 10.0 Å². The summed E-state index contributed by atoms with van der Waals surface area (Å²) in [5.74, 6) is -0.121. The van der Waals surface area contributed by atoms with Gasteiger partial charge >= 0.3 is 0 Å². The lowest BCUT2D eigenvalue weighted by atomic mass is 10.2. The van der Waals surface area contributed by atoms with Crippen LogP contribution in [0.5, 0.6) is 0 Å². The molecule has 1 N–H and O–H groups in total. The maximum Gasteiger partial charge on any atom is 0.261 e. The Morgan fingerprint density at radius 2 is 2.21 bits per heavy atom. The van der Waals surface area contributed by atoms with E-state index in [4.69, 9.17) is 4.74 Å². The van der Waals surface area contributed by atoms with Crippen LogP contribution in [0.2, 0.25) is 0 Å². The van der Waals surface area contributed by atoms with Gasteiger partial charge in [0.1, 0.15) is 0 Å². The van der Waals surface area contributed by atoms with Gasteiger partial charge in [0.25, 0.3) is 5.91 Å². The Balaban J connectivity index is 1.76. The topological polar surface area (TPSA) is 75.7 Å². The number of hydrogen-bond acceptors (Lipinski definition) is 5. The molecule has 130 valence electrons. The fourth-order valence-electron chi connectivity index (χ4n) is 2.63. The molecule has 1 aromatic heterocycles. The van der Waals surface area contributed by atoms with Crippen LogP contribution in [0.4, 0.5) is 5.69 Å². The first-order chi connectivity index (χ1) is 11.3. The van der Waals surface area contributed by atoms with E-state index < -0.39 is 10.0 Å². The largest absolute Gasteiger partial charge is 0.376 e. The van der Waals surface area contributed by atoms with E-state index in [0.29, 0.717) is 17.1 Å². The van der Waals surface area contributed by atoms with Crippen molar-refractivity contribution < 1.29 is 17.9 Å². The number of anilines is 1. The molecule has 8 heteroatoms. The molecule has 6 nitrogen and oxygen atoms in total. The van der Waals surface area contributed by atoms with Crippen molar-refractivity contribution >= 4 is 43.0 Å². The number of thiophene rings is 1. The third kappa shape index (κ3) is 3.71. The van der Waals surface area contributed by atoms with Crippen LogP contribution in [0.3, 0.4) is 0 Å². The number of carbonyl (C=O) groups excluding carboxylic acids is 1. The number of sulfonamides is 1. The van der Waals surface area contributed by atoms with Crippen LogP contribution in [0.25, 0.3) is 10.1 Å². The molecule has 1 aliphatic rings. The molecule has 0 aliphatic carbocycles. The molecule has 0 saturated carbocycles. The summed E-state index contributed by atoms with van der Waals surface area (Å²) in [4.78, 5) is 12.9. The number of carbonyl (C=O) groups is 1. The number of benzene rings is 1. The third-order valence-electron chi connectivity index (χ3n) is 4.10. The highest BCUT2D eigenvalue weighted by Gasteiger charge is 2.18. The zero-order chi connectivity index (χ0) is 17.3. The lowest BCUT2D eigenvalue weighted by Gasteiger charge is -2.16. The lowest BCUT2D eigenvalue weighted by molar-refractivity contribution is 0.0861. The Morgan fingerprint density at radius 1 is 1.42 bits per heavy atom. The smallest absolute Gasteiger partial charge is 0.261 e. The second-order valence-corrected chi connectivity index (χ2v) is 9.01. The van der Waals surface area contributed by atoms with Crippen LogP contribution < -0.4 is 9.62 Å². The van der Waals surface area contributed by atoms with E-state index in [2.05, 4.69) is 5.32 Å². The van der Waals surface area contributed by atoms with Gasteiger partial charge in [-0.25, -0.2) is 8.42 Å². The zero-order valence-electron chi connectivity index (χ0n) is 13.6. The number of nitrogens with zero attached hydrogens (tertiary/aromatic N) is 1. The van der Waals surface area contributed by atoms with Crippen LogP contribution in [0, 0.1) is 0 Å². The molecule has 1 saturated heterocycles. The quantitative estimate of drug-likeness (QED) is 0.878. The van der Waals surface area contributed by atoms with Crippen LogP contribution in [0.15, 0.2) is 24.3 Å². The van der Waals surface area contributed by atoms with Crippen molar-refractivity contribution in [3.05, 3.63) is 29.1 Å². The van der Waals surface area contributed by atoms with Crippen LogP contribution in [-0.4, -0.2) is 46.9 Å². The fourth-order valence-corrected chi connectivity index (χ4v) is 4.08. The number of hydrogen-bond donors (Lipinski definition) is 1. The molecule has 0 bridgehead atoms. The van der Waals surface area contributed by atoms with Crippen molar-refractivity contribution in [3.8, 4) is 0 Å². The second kappa shape index (κ2) is 6.70. The highest BCUT2D eigenvalue weighted by molar-refractivity contribution is 7.92. The highest BCUT2D eigenvalue weighted by atomic mass is 32.2. The van der Waals surface area contributed by atoms with Gasteiger partial charge in [0, 0.05) is 24.9 Å². The summed E-state index contributed by atoms with van der Waals surface area (Å²) in [5.41, 5.74) is 0.578. The fraction of sp³-hybridized carbons (Fsp3) is 0.438. The molecule has 0 spiro atoms. The van der Waals surface area contributed by atoms with Crippen molar-refractivity contribution in [2.24, 2.45) is 0 Å². The number of nitrogens with one attached hydrogen (secondary N) is 1. The van der Waals surface area contributed by atoms with E-state index in [1.54, 1.807) is 18.2 Å². The predicted molar refractivity (Wildman–Crippen MR) is 96.4 cm³/mol. The monoisotopic (exact) mass is 368 g/mol. The highest BCUT2D eigenvalue weighted by Crippen LogP contribution is 2.30. The Labute approximate surface area is 145 Å². The lowest BCUT2D eigenvalue weighted by Crippen LogP contribution is -2.31. The van der Waals surface area contributed by atoms with Crippen molar-refractivity contribution in [2.45, 2.75) is 18.9 Å². The number of rotatable bonds is 5. The summed E-state index contributed by atoms with van der Waals surface area (Å²) >= 11 is 1.39. The zero-order valence-corrected chi connectivity index (χ0v) is 15.2. The predicted octanol–water partition coefficient (Wildman–Crippen LogP) is 2.21. The SMILES string of the molecule is CN(c1ccc2sc(C(=O)NCC3CCCO3)cc2c1)S(C)(=O)=O. The van der Waals surface area contributed by atoms with E-state index in [1.807, 2.05) is 6.07 Å². The van der Waals surface area contributed by atoms with Crippen LogP contribution >= 0.6 is 11.3 Å². The van der Waals surface area contributed by atoms with Crippen molar-refractivity contribution in [1.82, 2.24) is 5.32 Å². The van der Waals surface area contributed by atoms with Gasteiger partial charge in [0.05, 0.1) is 22.9 Å². The minimum absolute atomic E-state index is 0.110. The molecule has 24 heavy (non-hydrogen) atoms. The summed E-state index contributed by atoms with van der Waals surface area (Å²) in [6.07, 6.45) is 3.29. The maximum atomic E-state index is 12.3. The Hall–Kier alpha value is -1.64. The van der Waals surface area contributed by atoms with Gasteiger partial charge in [-0.2, -0.15) is 0 Å². The number of fused-ring (bicyclic) bond motifs is 1. The normalized spacial score (nSPS) is 18.0. The van der Waals surface area contributed by atoms with Gasteiger partial charge in [0.15, 0.2) is 0 Å². The minimum atomic E-state index is -3.31. The van der Waals surface area contributed by atoms with Gasteiger partial charge in [-0.15, -0.1) is 11.3 Å². The van der Waals surface area contributed by atoms with Gasteiger partial charge < -0.3 is 10.1 Å². The molecule has 2 heterocycles.